The van der Waals surface area contributed by atoms with E-state index in [1.165, 1.54) is 0 Å². The van der Waals surface area contributed by atoms with E-state index in [2.05, 4.69) is 5.32 Å². The molecule has 0 spiro atoms. The van der Waals surface area contributed by atoms with Crippen LogP contribution in [0.25, 0.3) is 0 Å². The number of carbonyl (C=O) groups excluding carboxylic acids is 2. The summed E-state index contributed by atoms with van der Waals surface area (Å²) in [5.74, 6) is -0.466. The molecule has 1 heterocycles. The van der Waals surface area contributed by atoms with Crippen molar-refractivity contribution in [3.05, 3.63) is 0 Å². The molecule has 0 aliphatic carbocycles. The molecule has 0 aromatic carbocycles. The minimum atomic E-state index is -0.910. The second-order valence-electron chi connectivity index (χ2n) is 4.48. The van der Waals surface area contributed by atoms with Gasteiger partial charge >= 0.3 is 6.03 Å². The number of amides is 3. The molecule has 0 aromatic heterocycles. The standard InChI is InChI=1S/C9H15ClN2O3/c1-9(2,3)12-7(14)6(10)5(4-13)11-8(12)15/h5-6,13H,4H2,1-3H3,(H,11,15). The van der Waals surface area contributed by atoms with Crippen molar-refractivity contribution in [1.82, 2.24) is 10.2 Å². The summed E-state index contributed by atoms with van der Waals surface area (Å²) in [6, 6.07) is -1.21. The van der Waals surface area contributed by atoms with Crippen LogP contribution < -0.4 is 5.32 Å². The van der Waals surface area contributed by atoms with E-state index in [4.69, 9.17) is 16.7 Å². The first-order chi connectivity index (χ1) is 6.79. The number of carbonyl (C=O) groups is 2. The van der Waals surface area contributed by atoms with Crippen molar-refractivity contribution in [3.63, 3.8) is 0 Å². The number of aliphatic hydroxyl groups excluding tert-OH is 1. The lowest BCUT2D eigenvalue weighted by Crippen LogP contribution is -2.66. The molecule has 1 rings (SSSR count). The second-order valence-corrected chi connectivity index (χ2v) is 4.95. The molecule has 5 nitrogen and oxygen atoms in total. The van der Waals surface area contributed by atoms with Crippen LogP contribution in [-0.2, 0) is 4.79 Å². The van der Waals surface area contributed by atoms with Gasteiger partial charge in [-0.3, -0.25) is 9.69 Å². The van der Waals surface area contributed by atoms with Crippen molar-refractivity contribution in [1.29, 1.82) is 0 Å². The summed E-state index contributed by atoms with van der Waals surface area (Å²) >= 11 is 5.83. The predicted molar refractivity (Wildman–Crippen MR) is 55.6 cm³/mol. The average Bonchev–Trinajstić information content (AvgIpc) is 2.09. The van der Waals surface area contributed by atoms with E-state index in [0.29, 0.717) is 0 Å². The number of urea groups is 1. The molecule has 2 N–H and O–H groups in total. The quantitative estimate of drug-likeness (QED) is 0.642. The van der Waals surface area contributed by atoms with Crippen molar-refractivity contribution >= 4 is 23.5 Å². The monoisotopic (exact) mass is 234 g/mol. The molecule has 1 aliphatic heterocycles. The van der Waals surface area contributed by atoms with Gasteiger partial charge < -0.3 is 10.4 Å². The highest BCUT2D eigenvalue weighted by molar-refractivity contribution is 6.33. The highest BCUT2D eigenvalue weighted by Crippen LogP contribution is 2.22. The zero-order valence-electron chi connectivity index (χ0n) is 8.95. The Kier molecular flexibility index (Phi) is 3.25. The molecular formula is C9H15ClN2O3. The molecule has 0 aromatic rings. The van der Waals surface area contributed by atoms with Crippen molar-refractivity contribution < 1.29 is 14.7 Å². The fourth-order valence-electron chi connectivity index (χ4n) is 1.47. The Morgan fingerprint density at radius 3 is 2.40 bits per heavy atom. The van der Waals surface area contributed by atoms with E-state index >= 15 is 0 Å². The number of rotatable bonds is 1. The zero-order chi connectivity index (χ0) is 11.8. The molecule has 3 amide bonds. The van der Waals surface area contributed by atoms with Gasteiger partial charge in [0.1, 0.15) is 5.38 Å². The second kappa shape index (κ2) is 3.98. The van der Waals surface area contributed by atoms with Crippen molar-refractivity contribution in [2.45, 2.75) is 37.7 Å². The van der Waals surface area contributed by atoms with Gasteiger partial charge in [0.2, 0.25) is 0 Å². The van der Waals surface area contributed by atoms with Crippen LogP contribution in [0.15, 0.2) is 0 Å². The Morgan fingerprint density at radius 2 is 2.00 bits per heavy atom. The van der Waals surface area contributed by atoms with Gasteiger partial charge in [0.05, 0.1) is 12.6 Å². The van der Waals surface area contributed by atoms with Gasteiger partial charge in [0, 0.05) is 5.54 Å². The van der Waals surface area contributed by atoms with E-state index < -0.39 is 28.9 Å². The smallest absolute Gasteiger partial charge is 0.324 e. The Bertz CT molecular complexity index is 288. The largest absolute Gasteiger partial charge is 0.394 e. The summed E-state index contributed by atoms with van der Waals surface area (Å²) < 4.78 is 0. The third-order valence-corrected chi connectivity index (χ3v) is 2.68. The molecule has 1 aliphatic rings. The van der Waals surface area contributed by atoms with Gasteiger partial charge in [-0.05, 0) is 20.8 Å². The molecule has 1 saturated heterocycles. The number of nitrogens with one attached hydrogen (secondary N) is 1. The molecule has 0 saturated carbocycles. The molecule has 1 fully saturated rings. The molecule has 6 heteroatoms. The third kappa shape index (κ3) is 2.23. The maximum atomic E-state index is 11.8. The number of imide groups is 1. The highest BCUT2D eigenvalue weighted by atomic mass is 35.5. The molecule has 15 heavy (non-hydrogen) atoms. The number of nitrogens with zero attached hydrogens (tertiary/aromatic N) is 1. The maximum Gasteiger partial charge on any atom is 0.324 e. The summed E-state index contributed by atoms with van der Waals surface area (Å²) in [5.41, 5.74) is -0.616. The minimum absolute atomic E-state index is 0.344. The summed E-state index contributed by atoms with van der Waals surface area (Å²) in [4.78, 5) is 24.4. The lowest BCUT2D eigenvalue weighted by molar-refractivity contribution is -0.133. The Hall–Kier alpha value is -0.810. The lowest BCUT2D eigenvalue weighted by atomic mass is 10.0. The Morgan fingerprint density at radius 1 is 1.47 bits per heavy atom. The number of alkyl halides is 1. The van der Waals surface area contributed by atoms with Crippen LogP contribution in [0.5, 0.6) is 0 Å². The third-order valence-electron chi connectivity index (χ3n) is 2.19. The van der Waals surface area contributed by atoms with Crippen LogP contribution in [0.1, 0.15) is 20.8 Å². The minimum Gasteiger partial charge on any atom is -0.394 e. The fraction of sp³-hybridized carbons (Fsp3) is 0.778. The summed E-state index contributed by atoms with van der Waals surface area (Å²) in [7, 11) is 0. The van der Waals surface area contributed by atoms with E-state index in [9.17, 15) is 9.59 Å². The number of hydrogen-bond donors (Lipinski definition) is 2. The number of halogens is 1. The SMILES string of the molecule is CC(C)(C)N1C(=O)NC(CO)C(Cl)C1=O. The van der Waals surface area contributed by atoms with Crippen molar-refractivity contribution in [2.75, 3.05) is 6.61 Å². The first kappa shape index (κ1) is 12.3. The van der Waals surface area contributed by atoms with E-state index in [0.717, 1.165) is 4.90 Å². The van der Waals surface area contributed by atoms with Crippen LogP contribution in [0.3, 0.4) is 0 Å². The predicted octanol–water partition coefficient (Wildman–Crippen LogP) is 0.305. The maximum absolute atomic E-state index is 11.8. The van der Waals surface area contributed by atoms with Gasteiger partial charge in [-0.15, -0.1) is 11.6 Å². The summed E-state index contributed by atoms with van der Waals surface area (Å²) in [6.07, 6.45) is 0. The Balaban J connectivity index is 2.95. The highest BCUT2D eigenvalue weighted by Gasteiger charge is 2.44. The molecule has 0 radical (unpaired) electrons. The Labute approximate surface area is 93.4 Å². The van der Waals surface area contributed by atoms with Gasteiger partial charge in [0.15, 0.2) is 0 Å². The van der Waals surface area contributed by atoms with Gasteiger partial charge in [-0.25, -0.2) is 4.79 Å². The zero-order valence-corrected chi connectivity index (χ0v) is 9.71. The van der Waals surface area contributed by atoms with Gasteiger partial charge in [-0.2, -0.15) is 0 Å². The van der Waals surface area contributed by atoms with Crippen molar-refractivity contribution in [3.8, 4) is 0 Å². The lowest BCUT2D eigenvalue weighted by Gasteiger charge is -2.40. The van der Waals surface area contributed by atoms with Crippen LogP contribution in [-0.4, -0.2) is 45.5 Å². The first-order valence-electron chi connectivity index (χ1n) is 4.68. The molecule has 86 valence electrons. The van der Waals surface area contributed by atoms with Crippen LogP contribution in [0.2, 0.25) is 0 Å². The summed E-state index contributed by atoms with van der Waals surface area (Å²) in [5, 5.41) is 10.5. The summed E-state index contributed by atoms with van der Waals surface area (Å²) in [6.45, 7) is 4.89. The van der Waals surface area contributed by atoms with E-state index in [1.54, 1.807) is 20.8 Å². The van der Waals surface area contributed by atoms with E-state index in [1.807, 2.05) is 0 Å². The first-order valence-corrected chi connectivity index (χ1v) is 5.12. The molecule has 2 atom stereocenters. The van der Waals surface area contributed by atoms with E-state index in [-0.39, 0.29) is 6.61 Å². The van der Waals surface area contributed by atoms with Crippen LogP contribution in [0.4, 0.5) is 4.79 Å². The van der Waals surface area contributed by atoms with Gasteiger partial charge in [0.25, 0.3) is 5.91 Å². The van der Waals surface area contributed by atoms with Crippen molar-refractivity contribution in [2.24, 2.45) is 0 Å². The molecular weight excluding hydrogens is 220 g/mol. The molecule has 2 unspecified atom stereocenters. The van der Waals surface area contributed by atoms with Crippen LogP contribution >= 0.6 is 11.6 Å². The van der Waals surface area contributed by atoms with Gasteiger partial charge in [-0.1, -0.05) is 0 Å². The average molecular weight is 235 g/mol. The fourth-order valence-corrected chi connectivity index (χ4v) is 1.71. The van der Waals surface area contributed by atoms with Crippen LogP contribution in [0, 0.1) is 0 Å². The molecule has 0 bridgehead atoms. The number of aliphatic hydroxyl groups is 1. The number of hydrogen-bond acceptors (Lipinski definition) is 3. The topological polar surface area (TPSA) is 69.6 Å². The normalized spacial score (nSPS) is 27.9.